The summed E-state index contributed by atoms with van der Waals surface area (Å²) in [5.41, 5.74) is 0.725. The maximum atomic E-state index is 13.6. The predicted molar refractivity (Wildman–Crippen MR) is 140 cm³/mol. The monoisotopic (exact) mass is 554 g/mol. The van der Waals surface area contributed by atoms with Gasteiger partial charge in [-0.25, -0.2) is 0 Å². The van der Waals surface area contributed by atoms with E-state index in [1.165, 1.54) is 32.2 Å². The van der Waals surface area contributed by atoms with E-state index < -0.39 is 23.7 Å². The number of aliphatic carboxylic acids is 1. The molecular formula is C30H27F3NO6-. The lowest BCUT2D eigenvalue weighted by molar-refractivity contribution is -0.321. The SMILES string of the molecule is CCC(C)(Oc1cccc(Cn2c(C)c(C(=O)c3ccc(OC)cc3)c3ccc(OC(F)(F)F)cc32)c1)C(=O)[O-]. The lowest BCUT2D eigenvalue weighted by atomic mass is 10.0. The normalized spacial score (nSPS) is 13.1. The molecule has 0 spiro atoms. The predicted octanol–water partition coefficient (Wildman–Crippen LogP) is 5.43. The second-order valence-corrected chi connectivity index (χ2v) is 9.45. The molecule has 0 aliphatic rings. The van der Waals surface area contributed by atoms with Gasteiger partial charge in [0, 0.05) is 29.3 Å². The van der Waals surface area contributed by atoms with Crippen LogP contribution in [0.15, 0.2) is 66.7 Å². The molecule has 0 aliphatic carbocycles. The van der Waals surface area contributed by atoms with Gasteiger partial charge in [-0.05, 0) is 74.4 Å². The van der Waals surface area contributed by atoms with Gasteiger partial charge in [0.05, 0.1) is 24.2 Å². The molecule has 10 heteroatoms. The van der Waals surface area contributed by atoms with Gasteiger partial charge in [-0.3, -0.25) is 4.79 Å². The number of ketones is 1. The Morgan fingerprint density at radius 3 is 2.17 bits per heavy atom. The topological polar surface area (TPSA) is 89.8 Å². The number of carbonyl (C=O) groups excluding carboxylic acids is 2. The van der Waals surface area contributed by atoms with Gasteiger partial charge in [0.1, 0.15) is 22.8 Å². The zero-order valence-corrected chi connectivity index (χ0v) is 22.3. The van der Waals surface area contributed by atoms with Gasteiger partial charge < -0.3 is 28.7 Å². The molecule has 4 rings (SSSR count). The minimum absolute atomic E-state index is 0.152. The molecule has 0 saturated carbocycles. The number of fused-ring (bicyclic) bond motifs is 1. The van der Waals surface area contributed by atoms with Crippen molar-refractivity contribution < 1.29 is 42.1 Å². The Hall–Kier alpha value is -4.47. The maximum Gasteiger partial charge on any atom is 0.573 e. The van der Waals surface area contributed by atoms with Crippen LogP contribution >= 0.6 is 0 Å². The van der Waals surface area contributed by atoms with E-state index in [0.29, 0.717) is 39.0 Å². The molecule has 7 nitrogen and oxygen atoms in total. The summed E-state index contributed by atoms with van der Waals surface area (Å²) in [6.45, 7) is 4.94. The molecule has 0 radical (unpaired) electrons. The number of nitrogens with zero attached hydrogens (tertiary/aromatic N) is 1. The first-order valence-electron chi connectivity index (χ1n) is 12.4. The molecule has 0 aliphatic heterocycles. The highest BCUT2D eigenvalue weighted by atomic mass is 19.4. The van der Waals surface area contributed by atoms with Crippen molar-refractivity contribution in [2.24, 2.45) is 0 Å². The molecule has 4 aromatic rings. The Morgan fingerprint density at radius 2 is 1.57 bits per heavy atom. The molecule has 0 fully saturated rings. The smallest absolute Gasteiger partial charge is 0.546 e. The van der Waals surface area contributed by atoms with E-state index in [1.54, 1.807) is 66.9 Å². The van der Waals surface area contributed by atoms with E-state index in [-0.39, 0.29) is 24.5 Å². The first-order chi connectivity index (χ1) is 18.8. The van der Waals surface area contributed by atoms with E-state index in [2.05, 4.69) is 4.74 Å². The van der Waals surface area contributed by atoms with E-state index in [4.69, 9.17) is 9.47 Å². The number of carboxylic acids is 1. The van der Waals surface area contributed by atoms with Gasteiger partial charge in [-0.1, -0.05) is 19.1 Å². The van der Waals surface area contributed by atoms with Crippen molar-refractivity contribution in [2.75, 3.05) is 7.11 Å². The molecule has 1 aromatic heterocycles. The van der Waals surface area contributed by atoms with Crippen LogP contribution in [-0.4, -0.2) is 35.4 Å². The molecule has 0 N–H and O–H groups in total. The summed E-state index contributed by atoms with van der Waals surface area (Å²) in [6.07, 6.45) is -4.72. The fourth-order valence-corrected chi connectivity index (χ4v) is 4.44. The fourth-order valence-electron chi connectivity index (χ4n) is 4.44. The van der Waals surface area contributed by atoms with Crippen LogP contribution in [0.2, 0.25) is 0 Å². The third kappa shape index (κ3) is 5.90. The summed E-state index contributed by atoms with van der Waals surface area (Å²) in [5, 5.41) is 12.1. The molecular weight excluding hydrogens is 527 g/mol. The molecule has 1 heterocycles. The number of methoxy groups -OCH3 is 1. The van der Waals surface area contributed by atoms with Crippen molar-refractivity contribution in [3.8, 4) is 17.2 Å². The van der Waals surface area contributed by atoms with Crippen LogP contribution in [0, 0.1) is 6.92 Å². The highest BCUT2D eigenvalue weighted by Gasteiger charge is 2.32. The molecule has 3 aromatic carbocycles. The summed E-state index contributed by atoms with van der Waals surface area (Å²) >= 11 is 0. The van der Waals surface area contributed by atoms with Crippen LogP contribution in [0.4, 0.5) is 13.2 Å². The Balaban J connectivity index is 1.80. The lowest BCUT2D eigenvalue weighted by Crippen LogP contribution is -2.49. The van der Waals surface area contributed by atoms with Crippen LogP contribution in [-0.2, 0) is 11.3 Å². The van der Waals surface area contributed by atoms with E-state index in [9.17, 15) is 27.9 Å². The van der Waals surface area contributed by atoms with Crippen LogP contribution in [0.3, 0.4) is 0 Å². The first kappa shape index (κ1) is 28.5. The van der Waals surface area contributed by atoms with Crippen LogP contribution in [0.25, 0.3) is 10.9 Å². The summed E-state index contributed by atoms with van der Waals surface area (Å²) < 4.78 is 55.7. The molecule has 210 valence electrons. The zero-order chi connectivity index (χ0) is 29.2. The maximum absolute atomic E-state index is 13.6. The number of aromatic nitrogens is 1. The minimum atomic E-state index is -4.89. The second-order valence-electron chi connectivity index (χ2n) is 9.45. The van der Waals surface area contributed by atoms with E-state index in [1.807, 2.05) is 0 Å². The quantitative estimate of drug-likeness (QED) is 0.243. The molecule has 0 bridgehead atoms. The summed E-state index contributed by atoms with van der Waals surface area (Å²) in [4.78, 5) is 25.2. The first-order valence-corrected chi connectivity index (χ1v) is 12.4. The third-order valence-corrected chi connectivity index (χ3v) is 6.80. The van der Waals surface area contributed by atoms with Crippen LogP contribution < -0.4 is 19.3 Å². The van der Waals surface area contributed by atoms with Gasteiger partial charge in [-0.2, -0.15) is 0 Å². The number of rotatable bonds is 10. The second kappa shape index (κ2) is 11.0. The van der Waals surface area contributed by atoms with Gasteiger partial charge in [0.2, 0.25) is 0 Å². The average molecular weight is 555 g/mol. The highest BCUT2D eigenvalue weighted by Crippen LogP contribution is 2.34. The van der Waals surface area contributed by atoms with Crippen molar-refractivity contribution in [1.82, 2.24) is 4.57 Å². The largest absolute Gasteiger partial charge is 0.573 e. The van der Waals surface area contributed by atoms with Crippen molar-refractivity contribution in [3.63, 3.8) is 0 Å². The number of hydrogen-bond acceptors (Lipinski definition) is 6. The Kier molecular flexibility index (Phi) is 7.81. The fraction of sp³-hybridized carbons (Fsp3) is 0.267. The van der Waals surface area contributed by atoms with Crippen molar-refractivity contribution in [3.05, 3.63) is 89.1 Å². The van der Waals surface area contributed by atoms with Gasteiger partial charge in [-0.15, -0.1) is 13.2 Å². The average Bonchev–Trinajstić information content (AvgIpc) is 3.17. The molecule has 0 amide bonds. The number of carboxylic acid groups (broad SMARTS) is 1. The Morgan fingerprint density at radius 1 is 0.925 bits per heavy atom. The Bertz CT molecular complexity index is 1560. The number of hydrogen-bond donors (Lipinski definition) is 0. The number of benzene rings is 3. The van der Waals surface area contributed by atoms with Gasteiger partial charge in [0.25, 0.3) is 0 Å². The van der Waals surface area contributed by atoms with Crippen molar-refractivity contribution >= 4 is 22.7 Å². The number of halogens is 3. The van der Waals surface area contributed by atoms with Crippen LogP contribution in [0.5, 0.6) is 17.2 Å². The number of ether oxygens (including phenoxy) is 3. The van der Waals surface area contributed by atoms with Crippen molar-refractivity contribution in [1.29, 1.82) is 0 Å². The Labute approximate surface area is 228 Å². The van der Waals surface area contributed by atoms with Crippen molar-refractivity contribution in [2.45, 2.75) is 45.7 Å². The minimum Gasteiger partial charge on any atom is -0.546 e. The lowest BCUT2D eigenvalue weighted by Gasteiger charge is -2.30. The van der Waals surface area contributed by atoms with Crippen LogP contribution in [0.1, 0.15) is 47.4 Å². The molecule has 0 saturated heterocycles. The highest BCUT2D eigenvalue weighted by molar-refractivity contribution is 6.17. The molecule has 40 heavy (non-hydrogen) atoms. The molecule has 1 unspecified atom stereocenters. The number of carbonyl (C=O) groups is 2. The van der Waals surface area contributed by atoms with E-state index >= 15 is 0 Å². The van der Waals surface area contributed by atoms with E-state index in [0.717, 1.165) is 0 Å². The summed E-state index contributed by atoms with van der Waals surface area (Å²) in [5.74, 6) is -1.22. The zero-order valence-electron chi connectivity index (χ0n) is 22.3. The van der Waals surface area contributed by atoms with Gasteiger partial charge >= 0.3 is 6.36 Å². The standard InChI is InChI=1S/C30H28F3NO6/c1-5-29(3,28(36)37)39-22-8-6-7-19(15-22)17-34-18(2)26(27(35)20-9-11-21(38-4)12-10-20)24-14-13-23(16-25(24)34)40-30(31,32)33/h6-16H,5,17H2,1-4H3,(H,36,37)/p-1. The molecule has 1 atom stereocenters. The third-order valence-electron chi connectivity index (χ3n) is 6.80. The summed E-state index contributed by atoms with van der Waals surface area (Å²) in [7, 11) is 1.51. The van der Waals surface area contributed by atoms with Gasteiger partial charge in [0.15, 0.2) is 5.78 Å². The summed E-state index contributed by atoms with van der Waals surface area (Å²) in [6, 6.07) is 17.1. The number of alkyl halides is 3.